The van der Waals surface area contributed by atoms with E-state index in [0.717, 1.165) is 30.9 Å². The molecule has 4 nitrogen and oxygen atoms in total. The third kappa shape index (κ3) is 3.58. The van der Waals surface area contributed by atoms with Gasteiger partial charge in [-0.2, -0.15) is 0 Å². The van der Waals surface area contributed by atoms with E-state index in [1.54, 1.807) is 0 Å². The van der Waals surface area contributed by atoms with Gasteiger partial charge in [-0.05, 0) is 37.6 Å². The zero-order valence-electron chi connectivity index (χ0n) is 13.6. The molecule has 0 aliphatic carbocycles. The maximum atomic E-state index is 11.9. The molecule has 1 aliphatic heterocycles. The van der Waals surface area contributed by atoms with Gasteiger partial charge in [-0.1, -0.05) is 19.9 Å². The molecule has 1 aliphatic rings. The van der Waals surface area contributed by atoms with Crippen molar-refractivity contribution >= 4 is 15.5 Å². The normalized spacial score (nSPS) is 21.0. The Labute approximate surface area is 128 Å². The Balaban J connectivity index is 2.31. The summed E-state index contributed by atoms with van der Waals surface area (Å²) in [5, 5.41) is 0. The van der Waals surface area contributed by atoms with Crippen molar-refractivity contribution < 1.29 is 8.42 Å². The van der Waals surface area contributed by atoms with Crippen molar-refractivity contribution in [2.24, 2.45) is 5.92 Å². The molecule has 1 heterocycles. The Kier molecular flexibility index (Phi) is 4.63. The van der Waals surface area contributed by atoms with Crippen molar-refractivity contribution in [2.45, 2.75) is 31.7 Å². The molecule has 1 atom stereocenters. The highest BCUT2D eigenvalue weighted by molar-refractivity contribution is 7.90. The minimum Gasteiger partial charge on any atom is -0.369 e. The summed E-state index contributed by atoms with van der Waals surface area (Å²) in [7, 11) is -1.01. The van der Waals surface area contributed by atoms with E-state index in [4.69, 9.17) is 0 Å². The molecule has 1 saturated heterocycles. The summed E-state index contributed by atoms with van der Waals surface area (Å²) in [6.07, 6.45) is 1.28. The maximum absolute atomic E-state index is 11.9. The quantitative estimate of drug-likeness (QED) is 0.858. The number of hydrogen-bond acceptors (Lipinski definition) is 4. The van der Waals surface area contributed by atoms with Crippen LogP contribution in [0.5, 0.6) is 0 Å². The summed E-state index contributed by atoms with van der Waals surface area (Å²) in [6.45, 7) is 9.21. The minimum absolute atomic E-state index is 0.444. The highest BCUT2D eigenvalue weighted by Crippen LogP contribution is 2.26. The van der Waals surface area contributed by atoms with Crippen LogP contribution in [0.15, 0.2) is 23.1 Å². The molecule has 1 fully saturated rings. The highest BCUT2D eigenvalue weighted by atomic mass is 32.2. The van der Waals surface area contributed by atoms with Crippen LogP contribution in [0, 0.1) is 12.8 Å². The number of hydrogen-bond donors (Lipinski definition) is 0. The van der Waals surface area contributed by atoms with E-state index in [0.29, 0.717) is 16.9 Å². The van der Waals surface area contributed by atoms with Crippen molar-refractivity contribution in [1.82, 2.24) is 4.90 Å². The number of benzene rings is 1. The minimum atomic E-state index is -3.17. The predicted octanol–water partition coefficient (Wildman–Crippen LogP) is 2.17. The molecule has 0 saturated carbocycles. The topological polar surface area (TPSA) is 40.6 Å². The van der Waals surface area contributed by atoms with E-state index in [1.807, 2.05) is 25.1 Å². The summed E-state index contributed by atoms with van der Waals surface area (Å²) < 4.78 is 23.8. The molecule has 1 unspecified atom stereocenters. The van der Waals surface area contributed by atoms with Crippen LogP contribution in [-0.2, 0) is 9.84 Å². The molecule has 1 aromatic rings. The average molecular weight is 310 g/mol. The highest BCUT2D eigenvalue weighted by Gasteiger charge is 2.27. The van der Waals surface area contributed by atoms with Gasteiger partial charge in [0, 0.05) is 37.6 Å². The summed E-state index contributed by atoms with van der Waals surface area (Å²) in [6, 6.07) is 6.27. The van der Waals surface area contributed by atoms with Crippen LogP contribution in [0.2, 0.25) is 0 Å². The van der Waals surface area contributed by atoms with E-state index in [9.17, 15) is 8.42 Å². The lowest BCUT2D eigenvalue weighted by Crippen LogP contribution is -2.53. The summed E-state index contributed by atoms with van der Waals surface area (Å²) in [4.78, 5) is 5.14. The molecule has 1 aromatic carbocycles. The number of rotatable bonds is 3. The second-order valence-electron chi connectivity index (χ2n) is 6.46. The zero-order chi connectivity index (χ0) is 15.8. The van der Waals surface area contributed by atoms with E-state index >= 15 is 0 Å². The second kappa shape index (κ2) is 5.97. The van der Waals surface area contributed by atoms with Crippen LogP contribution >= 0.6 is 0 Å². The fourth-order valence-electron chi connectivity index (χ4n) is 3.04. The van der Waals surface area contributed by atoms with Gasteiger partial charge in [0.2, 0.25) is 0 Å². The Morgan fingerprint density at radius 3 is 2.48 bits per heavy atom. The number of piperazine rings is 1. The molecule has 0 spiro atoms. The summed E-state index contributed by atoms with van der Waals surface area (Å²) in [5.74, 6) is 0.581. The summed E-state index contributed by atoms with van der Waals surface area (Å²) in [5.41, 5.74) is 1.83. The van der Waals surface area contributed by atoms with Gasteiger partial charge in [0.25, 0.3) is 0 Å². The van der Waals surface area contributed by atoms with E-state index < -0.39 is 9.84 Å². The lowest BCUT2D eigenvalue weighted by Gasteiger charge is -2.42. The van der Waals surface area contributed by atoms with Gasteiger partial charge in [0.05, 0.1) is 4.90 Å². The van der Waals surface area contributed by atoms with Crippen LogP contribution < -0.4 is 4.90 Å². The first-order chi connectivity index (χ1) is 9.70. The molecular weight excluding hydrogens is 284 g/mol. The molecular formula is C16H26N2O2S. The molecule has 118 valence electrons. The van der Waals surface area contributed by atoms with E-state index in [-0.39, 0.29) is 0 Å². The van der Waals surface area contributed by atoms with Gasteiger partial charge in [-0.25, -0.2) is 8.42 Å². The fourth-order valence-corrected chi connectivity index (χ4v) is 4.03. The largest absolute Gasteiger partial charge is 0.369 e. The third-order valence-electron chi connectivity index (χ3n) is 4.40. The lowest BCUT2D eigenvalue weighted by atomic mass is 10.00. The van der Waals surface area contributed by atoms with Crippen LogP contribution in [0.3, 0.4) is 0 Å². The number of likely N-dealkylation sites (N-methyl/N-ethyl adjacent to an activating group) is 1. The fraction of sp³-hybridized carbons (Fsp3) is 0.625. The molecule has 0 amide bonds. The van der Waals surface area contributed by atoms with E-state index in [1.165, 1.54) is 6.26 Å². The van der Waals surface area contributed by atoms with Crippen molar-refractivity contribution in [3.8, 4) is 0 Å². The second-order valence-corrected chi connectivity index (χ2v) is 8.44. The van der Waals surface area contributed by atoms with Gasteiger partial charge in [-0.3, -0.25) is 4.90 Å². The van der Waals surface area contributed by atoms with Gasteiger partial charge < -0.3 is 4.90 Å². The smallest absolute Gasteiger partial charge is 0.175 e. The van der Waals surface area contributed by atoms with Crippen LogP contribution in [-0.4, -0.2) is 52.3 Å². The first kappa shape index (κ1) is 16.3. The Morgan fingerprint density at radius 2 is 1.90 bits per heavy atom. The predicted molar refractivity (Wildman–Crippen MR) is 87.8 cm³/mol. The number of aryl methyl sites for hydroxylation is 1. The summed E-state index contributed by atoms with van der Waals surface area (Å²) >= 11 is 0. The van der Waals surface area contributed by atoms with Crippen molar-refractivity contribution in [3.63, 3.8) is 0 Å². The van der Waals surface area contributed by atoms with Gasteiger partial charge in [0.1, 0.15) is 0 Å². The van der Waals surface area contributed by atoms with Crippen LogP contribution in [0.25, 0.3) is 0 Å². The molecule has 0 bridgehead atoms. The van der Waals surface area contributed by atoms with E-state index in [2.05, 4.69) is 30.7 Å². The first-order valence-corrected chi connectivity index (χ1v) is 9.35. The molecule has 2 rings (SSSR count). The number of anilines is 1. The van der Waals surface area contributed by atoms with Gasteiger partial charge in [-0.15, -0.1) is 0 Å². The molecule has 0 aromatic heterocycles. The SMILES string of the molecule is Cc1ccc(N2CCN(C)C(C(C)C)C2)cc1S(C)(=O)=O. The molecule has 0 radical (unpaired) electrons. The van der Waals surface area contributed by atoms with Crippen molar-refractivity contribution in [3.05, 3.63) is 23.8 Å². The standard InChI is InChI=1S/C16H26N2O2S/c1-12(2)15-11-18(9-8-17(15)4)14-7-6-13(3)16(10-14)21(5,19)20/h6-7,10,12,15H,8-9,11H2,1-5H3. The third-order valence-corrected chi connectivity index (χ3v) is 5.64. The number of nitrogens with zero attached hydrogens (tertiary/aromatic N) is 2. The Hall–Kier alpha value is -1.07. The lowest BCUT2D eigenvalue weighted by molar-refractivity contribution is 0.173. The molecule has 21 heavy (non-hydrogen) atoms. The van der Waals surface area contributed by atoms with Crippen LogP contribution in [0.1, 0.15) is 19.4 Å². The van der Waals surface area contributed by atoms with Gasteiger partial charge >= 0.3 is 0 Å². The molecule has 0 N–H and O–H groups in total. The van der Waals surface area contributed by atoms with Gasteiger partial charge in [0.15, 0.2) is 9.84 Å². The zero-order valence-corrected chi connectivity index (χ0v) is 14.4. The Bertz CT molecular complexity index is 611. The molecule has 5 heteroatoms. The first-order valence-electron chi connectivity index (χ1n) is 7.46. The van der Waals surface area contributed by atoms with Crippen molar-refractivity contribution in [2.75, 3.05) is 37.8 Å². The van der Waals surface area contributed by atoms with Crippen molar-refractivity contribution in [1.29, 1.82) is 0 Å². The Morgan fingerprint density at radius 1 is 1.24 bits per heavy atom. The average Bonchev–Trinajstić information content (AvgIpc) is 2.38. The van der Waals surface area contributed by atoms with Crippen LogP contribution in [0.4, 0.5) is 5.69 Å². The number of sulfone groups is 1. The monoisotopic (exact) mass is 310 g/mol. The maximum Gasteiger partial charge on any atom is 0.175 e.